The maximum Gasteiger partial charge on any atom is 0.306 e. The van der Waals surface area contributed by atoms with Crippen molar-refractivity contribution >= 4 is 17.9 Å². The van der Waals surface area contributed by atoms with Gasteiger partial charge in [-0.25, -0.2) is 0 Å². The van der Waals surface area contributed by atoms with Gasteiger partial charge in [0.1, 0.15) is 13.2 Å². The van der Waals surface area contributed by atoms with Crippen LogP contribution in [0.1, 0.15) is 399 Å². The van der Waals surface area contributed by atoms with Gasteiger partial charge in [0.15, 0.2) is 12.4 Å². The Bertz CT molecular complexity index is 1870. The van der Waals surface area contributed by atoms with Crippen LogP contribution in [-0.2, 0) is 33.3 Å². The van der Waals surface area contributed by atoms with E-state index in [-0.39, 0.29) is 32.2 Å². The number of carboxylic acid groups (broad SMARTS) is 1. The lowest BCUT2D eigenvalue weighted by atomic mass is 10.0. The highest BCUT2D eigenvalue weighted by atomic mass is 16.7. The number of likely N-dealkylation sites (N-methyl/N-ethyl adjacent to an activating group) is 1. The molecule has 0 aromatic carbocycles. The molecule has 0 spiro atoms. The first-order valence-corrected chi connectivity index (χ1v) is 41.7. The van der Waals surface area contributed by atoms with Gasteiger partial charge in [-0.15, -0.1) is 0 Å². The summed E-state index contributed by atoms with van der Waals surface area (Å²) in [5.41, 5.74) is 0. The third-order valence-electron chi connectivity index (χ3n) is 18.6. The molecular formula is C88H159NO8. The summed E-state index contributed by atoms with van der Waals surface area (Å²) in [6.45, 7) is 4.69. The highest BCUT2D eigenvalue weighted by Gasteiger charge is 2.22. The standard InChI is InChI=1S/C88H159NO8/c1-6-8-10-12-14-16-18-20-22-24-26-28-30-32-34-36-38-40-41-42-43-44-45-47-49-51-53-55-57-59-61-63-65-67-69-71-73-75-77-79-86(91)97-84(83-96-88(87(92)93)94-81-80-89(3,4)5)82-95-85(90)78-76-74-72-70-68-66-64-62-60-58-56-54-52-50-48-46-39-37-35-33-31-29-27-25-23-21-19-17-15-13-11-9-7-2/h8,10,14,16,19-22,25-28,31,33,84,88H,6-7,9,11-13,15,17-18,23-24,29-30,32,34-83H2,1-5H3/b10-8-,16-14-,21-19-,22-20-,27-25-,28-26-,33-31-. The molecule has 0 aliphatic heterocycles. The van der Waals surface area contributed by atoms with Gasteiger partial charge in [-0.05, 0) is 89.9 Å². The number of quaternary nitrogens is 1. The van der Waals surface area contributed by atoms with E-state index in [1.54, 1.807) is 0 Å². The maximum atomic E-state index is 13.0. The van der Waals surface area contributed by atoms with Crippen LogP contribution in [0.5, 0.6) is 0 Å². The zero-order valence-corrected chi connectivity index (χ0v) is 64.7. The Kier molecular flexibility index (Phi) is 75.3. The number of aliphatic carboxylic acids is 1. The van der Waals surface area contributed by atoms with Crippen molar-refractivity contribution in [3.8, 4) is 0 Å². The summed E-state index contributed by atoms with van der Waals surface area (Å²) < 4.78 is 22.9. The number of nitrogens with zero attached hydrogens (tertiary/aromatic N) is 1. The lowest BCUT2D eigenvalue weighted by Crippen LogP contribution is -2.44. The molecule has 564 valence electrons. The fraction of sp³-hybridized carbons (Fsp3) is 0.807. The predicted octanol–water partition coefficient (Wildman–Crippen LogP) is 25.6. The number of hydrogen-bond acceptors (Lipinski definition) is 8. The molecule has 0 N–H and O–H groups in total. The van der Waals surface area contributed by atoms with Gasteiger partial charge in [-0.3, -0.25) is 9.59 Å². The molecule has 9 nitrogen and oxygen atoms in total. The van der Waals surface area contributed by atoms with Crippen LogP contribution >= 0.6 is 0 Å². The second-order valence-corrected chi connectivity index (χ2v) is 29.4. The van der Waals surface area contributed by atoms with E-state index in [1.165, 1.54) is 295 Å². The smallest absolute Gasteiger partial charge is 0.306 e. The van der Waals surface area contributed by atoms with Crippen molar-refractivity contribution in [3.05, 3.63) is 85.1 Å². The molecule has 0 aromatic rings. The molecule has 0 aromatic heterocycles. The molecule has 2 unspecified atom stereocenters. The highest BCUT2D eigenvalue weighted by Crippen LogP contribution is 2.20. The van der Waals surface area contributed by atoms with Crippen LogP contribution in [0.2, 0.25) is 0 Å². The zero-order chi connectivity index (χ0) is 70.4. The van der Waals surface area contributed by atoms with Gasteiger partial charge in [0.05, 0.1) is 40.3 Å². The molecule has 0 bridgehead atoms. The van der Waals surface area contributed by atoms with E-state index in [4.69, 9.17) is 18.9 Å². The van der Waals surface area contributed by atoms with E-state index in [0.29, 0.717) is 23.9 Å². The van der Waals surface area contributed by atoms with E-state index in [0.717, 1.165) is 70.6 Å². The van der Waals surface area contributed by atoms with Gasteiger partial charge >= 0.3 is 11.9 Å². The molecule has 0 saturated heterocycles. The SMILES string of the molecule is CC/C=C\C/C=C\C/C=C\C/C=C\CCCCCCCCCCCCCCCCCCCCCCCCCCCCC(=O)OC(COC(=O)CCCCCCCCCCCCCCCCCCCC/C=C\C/C=C\C/C=C\CCCCCCC)COC(OCC[N+](C)(C)C)C(=O)[O-]. The molecule has 0 fully saturated rings. The summed E-state index contributed by atoms with van der Waals surface area (Å²) >= 11 is 0. The Morgan fingerprint density at radius 2 is 0.588 bits per heavy atom. The molecule has 0 saturated carbocycles. The van der Waals surface area contributed by atoms with E-state index >= 15 is 0 Å². The first-order valence-electron chi connectivity index (χ1n) is 41.7. The first-order chi connectivity index (χ1) is 47.6. The number of carboxylic acids is 1. The van der Waals surface area contributed by atoms with Crippen molar-refractivity contribution in [2.24, 2.45) is 0 Å². The van der Waals surface area contributed by atoms with Crippen LogP contribution in [-0.4, -0.2) is 82.3 Å². The quantitative estimate of drug-likeness (QED) is 0.0195. The molecule has 0 radical (unpaired) electrons. The zero-order valence-electron chi connectivity index (χ0n) is 64.7. The number of hydrogen-bond donors (Lipinski definition) is 0. The summed E-state index contributed by atoms with van der Waals surface area (Å²) in [5.74, 6) is -2.26. The second-order valence-electron chi connectivity index (χ2n) is 29.4. The minimum atomic E-state index is -1.62. The number of allylic oxidation sites excluding steroid dienone is 14. The normalized spacial score (nSPS) is 13.0. The summed E-state index contributed by atoms with van der Waals surface area (Å²) in [5, 5.41) is 11.9. The Labute approximate surface area is 601 Å². The average molecular weight is 1360 g/mol. The Balaban J connectivity index is 3.95. The molecule has 0 amide bonds. The third kappa shape index (κ3) is 79.7. The molecule has 0 aliphatic carbocycles. The molecule has 97 heavy (non-hydrogen) atoms. The number of carbonyl (C=O) groups is 3. The van der Waals surface area contributed by atoms with Crippen LogP contribution in [0, 0.1) is 0 Å². The largest absolute Gasteiger partial charge is 0.545 e. The number of esters is 2. The number of carbonyl (C=O) groups excluding carboxylic acids is 3. The van der Waals surface area contributed by atoms with Crippen LogP contribution < -0.4 is 5.11 Å². The fourth-order valence-electron chi connectivity index (χ4n) is 12.3. The molecule has 2 atom stereocenters. The highest BCUT2D eigenvalue weighted by molar-refractivity contribution is 5.70. The topological polar surface area (TPSA) is 111 Å². The summed E-state index contributed by atoms with van der Waals surface area (Å²) in [7, 11) is 5.95. The maximum absolute atomic E-state index is 13.0. The van der Waals surface area contributed by atoms with Crippen LogP contribution in [0.3, 0.4) is 0 Å². The van der Waals surface area contributed by atoms with Gasteiger partial charge < -0.3 is 33.3 Å². The first kappa shape index (κ1) is 93.5. The second kappa shape index (κ2) is 78.2. The van der Waals surface area contributed by atoms with Crippen LogP contribution in [0.4, 0.5) is 0 Å². The predicted molar refractivity (Wildman–Crippen MR) is 417 cm³/mol. The van der Waals surface area contributed by atoms with Crippen LogP contribution in [0.25, 0.3) is 0 Å². The molecule has 0 heterocycles. The van der Waals surface area contributed by atoms with Gasteiger partial charge in [-0.1, -0.05) is 381 Å². The van der Waals surface area contributed by atoms with E-state index in [9.17, 15) is 19.5 Å². The Morgan fingerprint density at radius 3 is 0.876 bits per heavy atom. The minimum absolute atomic E-state index is 0.149. The van der Waals surface area contributed by atoms with Crippen molar-refractivity contribution in [1.29, 1.82) is 0 Å². The Morgan fingerprint density at radius 1 is 0.320 bits per heavy atom. The van der Waals surface area contributed by atoms with E-state index in [2.05, 4.69) is 98.9 Å². The minimum Gasteiger partial charge on any atom is -0.545 e. The molecule has 9 heteroatoms. The van der Waals surface area contributed by atoms with Gasteiger partial charge in [0, 0.05) is 12.8 Å². The lowest BCUT2D eigenvalue weighted by Gasteiger charge is -2.26. The van der Waals surface area contributed by atoms with Gasteiger partial charge in [0.25, 0.3) is 0 Å². The fourth-order valence-corrected chi connectivity index (χ4v) is 12.3. The number of rotatable bonds is 78. The van der Waals surface area contributed by atoms with Crippen molar-refractivity contribution in [2.45, 2.75) is 411 Å². The van der Waals surface area contributed by atoms with Crippen molar-refractivity contribution < 1.29 is 42.9 Å². The molecular weight excluding hydrogens is 1200 g/mol. The average Bonchev–Trinajstić information content (AvgIpc) is 2.39. The third-order valence-corrected chi connectivity index (χ3v) is 18.6. The lowest BCUT2D eigenvalue weighted by molar-refractivity contribution is -0.870. The van der Waals surface area contributed by atoms with Crippen LogP contribution in [0.15, 0.2) is 85.1 Å². The monoisotopic (exact) mass is 1360 g/mol. The van der Waals surface area contributed by atoms with Gasteiger partial charge in [0.2, 0.25) is 0 Å². The summed E-state index contributed by atoms with van der Waals surface area (Å²) in [6, 6.07) is 0. The van der Waals surface area contributed by atoms with Crippen molar-refractivity contribution in [1.82, 2.24) is 0 Å². The molecule has 0 aliphatic rings. The number of ether oxygens (including phenoxy) is 4. The van der Waals surface area contributed by atoms with E-state index in [1.807, 2.05) is 21.1 Å². The van der Waals surface area contributed by atoms with E-state index < -0.39 is 24.3 Å². The molecule has 0 rings (SSSR count). The summed E-state index contributed by atoms with van der Waals surface area (Å²) in [4.78, 5) is 37.6. The number of unbranched alkanes of at least 4 members (excludes halogenated alkanes) is 49. The van der Waals surface area contributed by atoms with Crippen molar-refractivity contribution in [3.63, 3.8) is 0 Å². The van der Waals surface area contributed by atoms with Gasteiger partial charge in [-0.2, -0.15) is 0 Å². The Hall–Kier alpha value is -3.53. The van der Waals surface area contributed by atoms with Crippen molar-refractivity contribution in [2.75, 3.05) is 47.5 Å². The summed E-state index contributed by atoms with van der Waals surface area (Å²) in [6.07, 6.45) is 104.